The van der Waals surface area contributed by atoms with Gasteiger partial charge in [-0.05, 0) is 31.7 Å². The van der Waals surface area contributed by atoms with Crippen LogP contribution in [-0.4, -0.2) is 27.3 Å². The topological polar surface area (TPSA) is 66.6 Å². The quantitative estimate of drug-likeness (QED) is 0.917. The highest BCUT2D eigenvalue weighted by atomic mass is 16.5. The number of carbonyl (C=O) groups is 1. The van der Waals surface area contributed by atoms with E-state index < -0.39 is 6.09 Å². The Hall–Kier alpha value is -2.30. The van der Waals surface area contributed by atoms with Crippen molar-refractivity contribution >= 4 is 6.09 Å². The number of hydrogen-bond donors (Lipinski definition) is 1. The van der Waals surface area contributed by atoms with Crippen LogP contribution in [0.25, 0.3) is 11.3 Å². The largest absolute Gasteiger partial charge is 0.465 e. The number of fused-ring (bicyclic) bond motifs is 1. The molecule has 21 heavy (non-hydrogen) atoms. The molecule has 2 fully saturated rings. The summed E-state index contributed by atoms with van der Waals surface area (Å²) in [6.07, 6.45) is 0.993. The summed E-state index contributed by atoms with van der Waals surface area (Å²) in [5.74, 6) is 1.20. The number of carboxylic acid groups (broad SMARTS) is 1. The Labute approximate surface area is 122 Å². The van der Waals surface area contributed by atoms with Gasteiger partial charge in [0, 0.05) is 17.7 Å². The van der Waals surface area contributed by atoms with E-state index in [1.54, 1.807) is 4.90 Å². The average Bonchev–Trinajstić information content (AvgIpc) is 2.90. The van der Waals surface area contributed by atoms with Gasteiger partial charge in [0.05, 0.1) is 6.04 Å². The highest BCUT2D eigenvalue weighted by Crippen LogP contribution is 2.53. The lowest BCUT2D eigenvalue weighted by Crippen LogP contribution is -2.32. The van der Waals surface area contributed by atoms with Crippen molar-refractivity contribution in [1.82, 2.24) is 10.1 Å². The van der Waals surface area contributed by atoms with Crippen molar-refractivity contribution < 1.29 is 14.4 Å². The maximum absolute atomic E-state index is 11.4. The van der Waals surface area contributed by atoms with Crippen LogP contribution in [-0.2, 0) is 0 Å². The molecule has 3 atom stereocenters. The van der Waals surface area contributed by atoms with Crippen LogP contribution in [0.3, 0.4) is 0 Å². The van der Waals surface area contributed by atoms with E-state index in [4.69, 9.17) is 4.52 Å². The van der Waals surface area contributed by atoms with Crippen LogP contribution in [0.4, 0.5) is 4.79 Å². The second-order valence-electron chi connectivity index (χ2n) is 5.99. The Morgan fingerprint density at radius 3 is 3.00 bits per heavy atom. The summed E-state index contributed by atoms with van der Waals surface area (Å²) >= 11 is 0. The second kappa shape index (κ2) is 4.35. The zero-order chi connectivity index (χ0) is 14.6. The Kier molecular flexibility index (Phi) is 2.58. The number of benzene rings is 1. The van der Waals surface area contributed by atoms with Crippen molar-refractivity contribution in [2.24, 2.45) is 5.92 Å². The molecule has 1 aliphatic carbocycles. The maximum Gasteiger partial charge on any atom is 0.408 e. The van der Waals surface area contributed by atoms with Gasteiger partial charge >= 0.3 is 6.09 Å². The van der Waals surface area contributed by atoms with Gasteiger partial charge in [-0.1, -0.05) is 28.9 Å². The molecule has 5 nitrogen and oxygen atoms in total. The molecule has 1 saturated carbocycles. The summed E-state index contributed by atoms with van der Waals surface area (Å²) < 4.78 is 5.43. The van der Waals surface area contributed by atoms with Crippen molar-refractivity contribution in [2.75, 3.05) is 0 Å². The smallest absolute Gasteiger partial charge is 0.408 e. The molecule has 4 rings (SSSR count). The van der Waals surface area contributed by atoms with Crippen LogP contribution in [0.2, 0.25) is 0 Å². The predicted molar refractivity (Wildman–Crippen MR) is 75.8 cm³/mol. The minimum atomic E-state index is -0.856. The fourth-order valence-electron chi connectivity index (χ4n) is 3.38. The summed E-state index contributed by atoms with van der Waals surface area (Å²) in [5, 5.41) is 13.5. The van der Waals surface area contributed by atoms with Crippen LogP contribution in [0.15, 0.2) is 34.9 Å². The summed E-state index contributed by atoms with van der Waals surface area (Å²) in [7, 11) is 0. The Bertz CT molecular complexity index is 709. The summed E-state index contributed by atoms with van der Waals surface area (Å²) in [6.45, 7) is 2.03. The summed E-state index contributed by atoms with van der Waals surface area (Å²) in [5.41, 5.74) is 2.85. The van der Waals surface area contributed by atoms with Gasteiger partial charge in [-0.3, -0.25) is 4.90 Å². The lowest BCUT2D eigenvalue weighted by molar-refractivity contribution is 0.128. The van der Waals surface area contributed by atoms with Crippen LogP contribution >= 0.6 is 0 Å². The first-order chi connectivity index (χ1) is 10.1. The fraction of sp³-hybridized carbons (Fsp3) is 0.375. The molecule has 1 aromatic heterocycles. The van der Waals surface area contributed by atoms with E-state index in [0.717, 1.165) is 29.7 Å². The lowest BCUT2D eigenvalue weighted by Gasteiger charge is -2.22. The standard InChI is InChI=1S/C16H16N2O3/c1-9-3-2-4-10(5-9)15-8-12(17-21-15)14-7-11-6-13(11)18(14)16(19)20/h2-5,8,11,13-14H,6-7H2,1H3,(H,19,20)/t11-,13-,14-/m1/s1. The molecule has 1 aliphatic heterocycles. The van der Waals surface area contributed by atoms with Crippen molar-refractivity contribution in [3.05, 3.63) is 41.6 Å². The van der Waals surface area contributed by atoms with Gasteiger partial charge in [0.15, 0.2) is 5.76 Å². The third-order valence-electron chi connectivity index (χ3n) is 4.50. The molecule has 1 amide bonds. The van der Waals surface area contributed by atoms with Crippen molar-refractivity contribution in [2.45, 2.75) is 31.8 Å². The third kappa shape index (κ3) is 2.00. The van der Waals surface area contributed by atoms with Gasteiger partial charge < -0.3 is 9.63 Å². The average molecular weight is 284 g/mol. The number of amides is 1. The fourth-order valence-corrected chi connectivity index (χ4v) is 3.38. The monoisotopic (exact) mass is 284 g/mol. The molecular weight excluding hydrogens is 268 g/mol. The molecule has 0 unspecified atom stereocenters. The number of aryl methyl sites for hydroxylation is 1. The number of likely N-dealkylation sites (tertiary alicyclic amines) is 1. The molecule has 1 saturated heterocycles. The first kappa shape index (κ1) is 12.4. The van der Waals surface area contributed by atoms with E-state index in [9.17, 15) is 9.90 Å². The molecular formula is C16H16N2O3. The molecule has 0 bridgehead atoms. The van der Waals surface area contributed by atoms with Gasteiger partial charge in [0.25, 0.3) is 0 Å². The van der Waals surface area contributed by atoms with Crippen molar-refractivity contribution in [1.29, 1.82) is 0 Å². The Balaban J connectivity index is 1.64. The molecule has 2 aromatic rings. The third-order valence-corrected chi connectivity index (χ3v) is 4.50. The van der Waals surface area contributed by atoms with Crippen molar-refractivity contribution in [3.63, 3.8) is 0 Å². The number of hydrogen-bond acceptors (Lipinski definition) is 3. The minimum Gasteiger partial charge on any atom is -0.465 e. The summed E-state index contributed by atoms with van der Waals surface area (Å²) in [6, 6.07) is 9.91. The van der Waals surface area contributed by atoms with E-state index in [1.807, 2.05) is 37.3 Å². The molecule has 1 N–H and O–H groups in total. The highest BCUT2D eigenvalue weighted by molar-refractivity contribution is 5.68. The van der Waals surface area contributed by atoms with Crippen LogP contribution in [0.5, 0.6) is 0 Å². The Morgan fingerprint density at radius 1 is 1.38 bits per heavy atom. The van der Waals surface area contributed by atoms with E-state index in [1.165, 1.54) is 0 Å². The number of nitrogens with zero attached hydrogens (tertiary/aromatic N) is 2. The van der Waals surface area contributed by atoms with E-state index in [0.29, 0.717) is 11.7 Å². The zero-order valence-corrected chi connectivity index (χ0v) is 11.7. The number of aromatic nitrogens is 1. The van der Waals surface area contributed by atoms with Gasteiger partial charge in [-0.15, -0.1) is 0 Å². The lowest BCUT2D eigenvalue weighted by atomic mass is 10.1. The van der Waals surface area contributed by atoms with Crippen LogP contribution < -0.4 is 0 Å². The summed E-state index contributed by atoms with van der Waals surface area (Å²) in [4.78, 5) is 13.0. The number of piperidine rings is 1. The molecule has 2 aliphatic rings. The van der Waals surface area contributed by atoms with E-state index in [2.05, 4.69) is 5.16 Å². The molecule has 0 radical (unpaired) electrons. The second-order valence-corrected chi connectivity index (χ2v) is 5.99. The normalized spacial score (nSPS) is 26.7. The van der Waals surface area contributed by atoms with E-state index in [-0.39, 0.29) is 12.1 Å². The number of rotatable bonds is 2. The van der Waals surface area contributed by atoms with Crippen LogP contribution in [0, 0.1) is 12.8 Å². The molecule has 5 heteroatoms. The molecule has 108 valence electrons. The van der Waals surface area contributed by atoms with Gasteiger partial charge in [0.2, 0.25) is 0 Å². The minimum absolute atomic E-state index is 0.159. The molecule has 1 aromatic carbocycles. The van der Waals surface area contributed by atoms with Gasteiger partial charge in [0.1, 0.15) is 5.69 Å². The van der Waals surface area contributed by atoms with E-state index >= 15 is 0 Å². The SMILES string of the molecule is Cc1cccc(-c2cc([C@H]3C[C@H]4C[C@H]4N3C(=O)O)no2)c1. The highest BCUT2D eigenvalue weighted by Gasteiger charge is 2.55. The molecule has 2 heterocycles. The van der Waals surface area contributed by atoms with Gasteiger partial charge in [-0.25, -0.2) is 4.79 Å². The molecule has 0 spiro atoms. The van der Waals surface area contributed by atoms with Gasteiger partial charge in [-0.2, -0.15) is 0 Å². The predicted octanol–water partition coefficient (Wildman–Crippen LogP) is 3.46. The first-order valence-corrected chi connectivity index (χ1v) is 7.18. The van der Waals surface area contributed by atoms with Crippen molar-refractivity contribution in [3.8, 4) is 11.3 Å². The maximum atomic E-state index is 11.4. The first-order valence-electron chi connectivity index (χ1n) is 7.18. The Morgan fingerprint density at radius 2 is 2.24 bits per heavy atom. The van der Waals surface area contributed by atoms with Crippen LogP contribution in [0.1, 0.15) is 30.1 Å². The zero-order valence-electron chi connectivity index (χ0n) is 11.7.